The highest BCUT2D eigenvalue weighted by molar-refractivity contribution is 7.10. The molecule has 0 spiro atoms. The maximum atomic E-state index is 14.0. The molecule has 0 bridgehead atoms. The zero-order valence-electron chi connectivity index (χ0n) is 24.8. The van der Waals surface area contributed by atoms with Crippen molar-refractivity contribution in [3.8, 4) is 11.5 Å². The fourth-order valence-corrected chi connectivity index (χ4v) is 7.11. The van der Waals surface area contributed by atoms with Crippen LogP contribution in [0.3, 0.4) is 0 Å². The Kier molecular flexibility index (Phi) is 8.32. The number of hydrogen-bond donors (Lipinski definition) is 1. The fraction of sp³-hybridized carbons (Fsp3) is 0.171. The lowest BCUT2D eigenvalue weighted by molar-refractivity contribution is -0.113. The van der Waals surface area contributed by atoms with Crippen molar-refractivity contribution in [2.24, 2.45) is 4.99 Å². The minimum atomic E-state index is -0.588. The normalized spacial score (nSPS) is 14.6. The Morgan fingerprint density at radius 2 is 1.82 bits per heavy atom. The van der Waals surface area contributed by atoms with Gasteiger partial charge in [0.25, 0.3) is 11.5 Å². The molecule has 0 saturated heterocycles. The van der Waals surface area contributed by atoms with Crippen LogP contribution in [-0.2, 0) is 11.4 Å². The number of para-hydroxylation sites is 1. The van der Waals surface area contributed by atoms with Gasteiger partial charge in [-0.15, -0.1) is 11.3 Å². The molecule has 1 aliphatic heterocycles. The number of nitrogens with zero attached hydrogens (tertiary/aromatic N) is 2. The molecule has 6 rings (SSSR count). The van der Waals surface area contributed by atoms with Gasteiger partial charge >= 0.3 is 0 Å². The Labute approximate surface area is 263 Å². The van der Waals surface area contributed by atoms with Gasteiger partial charge in [0.05, 0.1) is 22.9 Å². The molecule has 0 unspecified atom stereocenters. The molecule has 1 amide bonds. The van der Waals surface area contributed by atoms with E-state index in [1.54, 1.807) is 11.7 Å². The monoisotopic (exact) mass is 621 g/mol. The Morgan fingerprint density at radius 3 is 2.57 bits per heavy atom. The minimum absolute atomic E-state index is 0.200. The summed E-state index contributed by atoms with van der Waals surface area (Å²) in [6.45, 7) is 6.24. The van der Waals surface area contributed by atoms with E-state index in [2.05, 4.69) is 18.3 Å². The molecule has 1 N–H and O–H groups in total. The zero-order valence-corrected chi connectivity index (χ0v) is 26.4. The lowest BCUT2D eigenvalue weighted by atomic mass is 10.0. The van der Waals surface area contributed by atoms with Gasteiger partial charge in [0.1, 0.15) is 24.1 Å². The predicted octanol–water partition coefficient (Wildman–Crippen LogP) is 6.14. The molecule has 0 fully saturated rings. The summed E-state index contributed by atoms with van der Waals surface area (Å²) in [5, 5.41) is 4.93. The molecule has 5 aromatic rings. The van der Waals surface area contributed by atoms with E-state index in [1.165, 1.54) is 22.7 Å². The number of carbonyl (C=O) groups excluding carboxylic acids is 1. The molecule has 1 aliphatic rings. The van der Waals surface area contributed by atoms with Crippen LogP contribution in [0.1, 0.15) is 40.1 Å². The average Bonchev–Trinajstić information content (AvgIpc) is 3.66. The molecule has 3 aromatic carbocycles. The molecule has 0 saturated carbocycles. The van der Waals surface area contributed by atoms with Crippen molar-refractivity contribution in [3.05, 3.63) is 142 Å². The van der Waals surface area contributed by atoms with Crippen molar-refractivity contribution < 1.29 is 14.3 Å². The van der Waals surface area contributed by atoms with Gasteiger partial charge in [-0.2, -0.15) is 0 Å². The Balaban J connectivity index is 1.38. The van der Waals surface area contributed by atoms with Crippen LogP contribution < -0.4 is 29.7 Å². The molecule has 0 aliphatic carbocycles. The molecule has 0 radical (unpaired) electrons. The summed E-state index contributed by atoms with van der Waals surface area (Å²) in [7, 11) is 1.63. The van der Waals surface area contributed by atoms with Crippen LogP contribution in [0.4, 0.5) is 5.69 Å². The van der Waals surface area contributed by atoms with Crippen molar-refractivity contribution in [1.29, 1.82) is 0 Å². The molecule has 3 heterocycles. The number of benzene rings is 3. The van der Waals surface area contributed by atoms with Crippen molar-refractivity contribution in [1.82, 2.24) is 4.57 Å². The van der Waals surface area contributed by atoms with E-state index >= 15 is 0 Å². The van der Waals surface area contributed by atoms with Crippen LogP contribution in [0.15, 0.2) is 105 Å². The number of methoxy groups -OCH3 is 1. The summed E-state index contributed by atoms with van der Waals surface area (Å²) in [5.41, 5.74) is 5.46. The van der Waals surface area contributed by atoms with Crippen LogP contribution in [0, 0.1) is 13.8 Å². The van der Waals surface area contributed by atoms with Gasteiger partial charge in [-0.3, -0.25) is 14.2 Å². The lowest BCUT2D eigenvalue weighted by Crippen LogP contribution is -2.40. The minimum Gasteiger partial charge on any atom is -0.496 e. The molecule has 1 atom stereocenters. The Morgan fingerprint density at radius 1 is 1.00 bits per heavy atom. The number of allylic oxidation sites excluding steroid dienone is 1. The number of aryl methyl sites for hydroxylation is 1. The first-order valence-electron chi connectivity index (χ1n) is 14.1. The SMILES string of the molecule is COc1ccc(/C=c2/sc3n(c2=O)[C@@H](c2cccs2)C(C(=O)Nc2ccccc2)=C(C)N=3)cc1COc1cccc(C)c1C. The standard InChI is InChI=1S/C35H31N3O4S2/c1-21-10-8-13-27(22(21)2)42-20-25-18-24(15-16-28(25)41-4)19-30-34(40)38-32(29-14-9-17-43-29)31(23(3)36-35(38)44-30)33(39)37-26-11-6-5-7-12-26/h5-19,32H,20H2,1-4H3,(H,37,39)/b30-19+/t32-/m0/s1. The number of hydrogen-bond acceptors (Lipinski definition) is 7. The summed E-state index contributed by atoms with van der Waals surface area (Å²) in [6.07, 6.45) is 1.86. The smallest absolute Gasteiger partial charge is 0.271 e. The molecular weight excluding hydrogens is 591 g/mol. The summed E-state index contributed by atoms with van der Waals surface area (Å²) in [5.74, 6) is 1.24. The van der Waals surface area contributed by atoms with Crippen molar-refractivity contribution in [2.45, 2.75) is 33.4 Å². The van der Waals surface area contributed by atoms with E-state index in [0.717, 1.165) is 32.9 Å². The van der Waals surface area contributed by atoms with E-state index in [0.29, 0.717) is 38.6 Å². The quantitative estimate of drug-likeness (QED) is 0.226. The highest BCUT2D eigenvalue weighted by Crippen LogP contribution is 2.33. The molecule has 44 heavy (non-hydrogen) atoms. The third-order valence-corrected chi connectivity index (χ3v) is 9.56. The number of rotatable bonds is 8. The number of carbonyl (C=O) groups is 1. The average molecular weight is 622 g/mol. The topological polar surface area (TPSA) is 81.9 Å². The number of anilines is 1. The van der Waals surface area contributed by atoms with Crippen molar-refractivity contribution in [3.63, 3.8) is 0 Å². The second-order valence-corrected chi connectivity index (χ2v) is 12.5. The molecule has 2 aromatic heterocycles. The van der Waals surface area contributed by atoms with Crippen LogP contribution in [0.25, 0.3) is 6.08 Å². The number of aromatic nitrogens is 1. The maximum Gasteiger partial charge on any atom is 0.271 e. The highest BCUT2D eigenvalue weighted by Gasteiger charge is 2.33. The lowest BCUT2D eigenvalue weighted by Gasteiger charge is -2.24. The maximum absolute atomic E-state index is 14.0. The summed E-state index contributed by atoms with van der Waals surface area (Å²) in [4.78, 5) is 33.9. The summed E-state index contributed by atoms with van der Waals surface area (Å²) >= 11 is 2.82. The molecule has 222 valence electrons. The summed E-state index contributed by atoms with van der Waals surface area (Å²) < 4.78 is 13.9. The Bertz CT molecular complexity index is 2060. The number of ether oxygens (including phenoxy) is 2. The van der Waals surface area contributed by atoms with Gasteiger partial charge in [-0.05, 0) is 85.3 Å². The van der Waals surface area contributed by atoms with Crippen LogP contribution in [-0.4, -0.2) is 17.6 Å². The third-order valence-electron chi connectivity index (χ3n) is 7.65. The number of thiazole rings is 1. The van der Waals surface area contributed by atoms with Gasteiger partial charge < -0.3 is 14.8 Å². The predicted molar refractivity (Wildman–Crippen MR) is 176 cm³/mol. The Hall–Kier alpha value is -4.73. The van der Waals surface area contributed by atoms with E-state index in [9.17, 15) is 9.59 Å². The van der Waals surface area contributed by atoms with Crippen LogP contribution >= 0.6 is 22.7 Å². The largest absolute Gasteiger partial charge is 0.496 e. The van der Waals surface area contributed by atoms with Gasteiger partial charge in [-0.1, -0.05) is 53.8 Å². The second kappa shape index (κ2) is 12.5. The first kappa shape index (κ1) is 29.3. The number of amides is 1. The third kappa shape index (κ3) is 5.76. The van der Waals surface area contributed by atoms with E-state index in [4.69, 9.17) is 14.5 Å². The van der Waals surface area contributed by atoms with Crippen LogP contribution in [0.2, 0.25) is 0 Å². The van der Waals surface area contributed by atoms with Gasteiger partial charge in [0.15, 0.2) is 4.80 Å². The molecule has 7 nitrogen and oxygen atoms in total. The zero-order chi connectivity index (χ0) is 30.8. The van der Waals surface area contributed by atoms with Gasteiger partial charge in [0, 0.05) is 16.1 Å². The first-order chi connectivity index (χ1) is 21.3. The van der Waals surface area contributed by atoms with Gasteiger partial charge in [0.2, 0.25) is 0 Å². The first-order valence-corrected chi connectivity index (χ1v) is 15.8. The fourth-order valence-electron chi connectivity index (χ4n) is 5.24. The van der Waals surface area contributed by atoms with E-state index < -0.39 is 6.04 Å². The highest BCUT2D eigenvalue weighted by atomic mass is 32.1. The second-order valence-electron chi connectivity index (χ2n) is 10.5. The summed E-state index contributed by atoms with van der Waals surface area (Å²) in [6, 6.07) is 24.3. The molecule has 9 heteroatoms. The van der Waals surface area contributed by atoms with Crippen molar-refractivity contribution >= 4 is 40.3 Å². The van der Waals surface area contributed by atoms with Gasteiger partial charge in [-0.25, -0.2) is 4.99 Å². The van der Waals surface area contributed by atoms with Crippen LogP contribution in [0.5, 0.6) is 11.5 Å². The van der Waals surface area contributed by atoms with Crippen molar-refractivity contribution in [2.75, 3.05) is 12.4 Å². The number of fused-ring (bicyclic) bond motifs is 1. The van der Waals surface area contributed by atoms with E-state index in [-0.39, 0.29) is 11.5 Å². The molecular formula is C35H31N3O4S2. The number of nitrogens with one attached hydrogen (secondary N) is 1. The van der Waals surface area contributed by atoms with E-state index in [1.807, 2.05) is 98.1 Å². The number of thiophene rings is 1.